The van der Waals surface area contributed by atoms with Crippen LogP contribution in [-0.4, -0.2) is 36.6 Å². The van der Waals surface area contributed by atoms with Gasteiger partial charge >= 0.3 is 0 Å². The molecular weight excluding hydrogens is 286 g/mol. The highest BCUT2D eigenvalue weighted by atomic mass is 16.4. The van der Waals surface area contributed by atoms with E-state index in [2.05, 4.69) is 27.7 Å². The number of carboxylic acid groups (broad SMARTS) is 1. The first kappa shape index (κ1) is 24.7. The molecule has 0 bridgehead atoms. The van der Waals surface area contributed by atoms with E-state index in [1.807, 2.05) is 20.8 Å². The third-order valence-corrected chi connectivity index (χ3v) is 5.26. The van der Waals surface area contributed by atoms with Crippen LogP contribution in [0.2, 0.25) is 0 Å². The summed E-state index contributed by atoms with van der Waals surface area (Å²) in [6.45, 7) is 20.5. The van der Waals surface area contributed by atoms with E-state index < -0.39 is 11.4 Å². The minimum atomic E-state index is -0.903. The van der Waals surface area contributed by atoms with Crippen molar-refractivity contribution in [1.29, 1.82) is 0 Å². The summed E-state index contributed by atoms with van der Waals surface area (Å²) in [6, 6.07) is 0. The number of rotatable bonds is 12. The van der Waals surface area contributed by atoms with Gasteiger partial charge in [-0.15, -0.1) is 0 Å². The lowest BCUT2D eigenvalue weighted by Crippen LogP contribution is -2.50. The summed E-state index contributed by atoms with van der Waals surface area (Å²) in [5, 5.41) is 10.6. The predicted molar refractivity (Wildman–Crippen MR) is 99.2 cm³/mol. The Labute approximate surface area is 146 Å². The number of carbonyl (C=O) groups is 1. The van der Waals surface area contributed by atoms with E-state index in [0.717, 1.165) is 0 Å². The monoisotopic (exact) mass is 329 g/mol. The average Bonchev–Trinajstić information content (AvgIpc) is 2.51. The molecule has 0 spiro atoms. The first-order chi connectivity index (χ1) is 10.9. The first-order valence-corrected chi connectivity index (χ1v) is 9.93. The number of carbonyl (C=O) groups excluding carboxylic acids is 1. The topological polar surface area (TPSA) is 40.1 Å². The maximum atomic E-state index is 10.6. The molecule has 0 aromatic rings. The van der Waals surface area contributed by atoms with Gasteiger partial charge in [-0.25, -0.2) is 0 Å². The summed E-state index contributed by atoms with van der Waals surface area (Å²) in [6.07, 6.45) is 7.34. The number of hydrogen-bond donors (Lipinski definition) is 0. The molecule has 23 heavy (non-hydrogen) atoms. The second-order valence-corrected chi connectivity index (χ2v) is 6.86. The number of nitrogens with zero attached hydrogens (tertiary/aromatic N) is 1. The van der Waals surface area contributed by atoms with E-state index >= 15 is 0 Å². The predicted octanol–water partition coefficient (Wildman–Crippen LogP) is 4.40. The van der Waals surface area contributed by atoms with E-state index in [0.29, 0.717) is 19.3 Å². The zero-order valence-corrected chi connectivity index (χ0v) is 17.0. The Morgan fingerprint density at radius 3 is 1.04 bits per heavy atom. The summed E-state index contributed by atoms with van der Waals surface area (Å²) in [5.74, 6) is -0.903. The molecule has 0 aliphatic rings. The van der Waals surface area contributed by atoms with Crippen LogP contribution in [0, 0.1) is 5.41 Å². The van der Waals surface area contributed by atoms with Crippen molar-refractivity contribution < 1.29 is 14.4 Å². The lowest BCUT2D eigenvalue weighted by atomic mass is 9.80. The highest BCUT2D eigenvalue weighted by Crippen LogP contribution is 2.28. The summed E-state index contributed by atoms with van der Waals surface area (Å²) >= 11 is 0. The van der Waals surface area contributed by atoms with Gasteiger partial charge in [0.2, 0.25) is 0 Å². The molecule has 0 unspecified atom stereocenters. The van der Waals surface area contributed by atoms with Gasteiger partial charge in [0.05, 0.1) is 26.2 Å². The molecule has 140 valence electrons. The molecule has 0 rings (SSSR count). The van der Waals surface area contributed by atoms with Crippen LogP contribution >= 0.6 is 0 Å². The lowest BCUT2D eigenvalue weighted by Gasteiger charge is -2.38. The number of hydrogen-bond acceptors (Lipinski definition) is 2. The highest BCUT2D eigenvalue weighted by Gasteiger charge is 2.24. The molecule has 0 amide bonds. The van der Waals surface area contributed by atoms with Crippen LogP contribution in [0.1, 0.15) is 93.4 Å². The fourth-order valence-electron chi connectivity index (χ4n) is 3.75. The molecule has 0 aromatic heterocycles. The van der Waals surface area contributed by atoms with Gasteiger partial charge in [0, 0.05) is 11.4 Å². The molecule has 0 saturated heterocycles. The third-order valence-electron chi connectivity index (χ3n) is 5.26. The van der Waals surface area contributed by atoms with Crippen molar-refractivity contribution in [3.8, 4) is 0 Å². The molecule has 0 heterocycles. The summed E-state index contributed by atoms with van der Waals surface area (Å²) in [5.41, 5.74) is -0.569. The zero-order chi connectivity index (χ0) is 18.4. The van der Waals surface area contributed by atoms with Gasteiger partial charge in [-0.2, -0.15) is 0 Å². The fraction of sp³-hybridized carbons (Fsp3) is 0.950. The molecule has 0 atom stereocenters. The minimum absolute atomic E-state index is 0.569. The van der Waals surface area contributed by atoms with Gasteiger partial charge < -0.3 is 14.4 Å². The summed E-state index contributed by atoms with van der Waals surface area (Å²) in [7, 11) is 0. The van der Waals surface area contributed by atoms with Crippen molar-refractivity contribution in [2.24, 2.45) is 5.41 Å². The SMILES string of the molecule is CCC(CC)(CC)C(=O)[O-].CCC[N+](CCC)(CCC)CCC. The van der Waals surface area contributed by atoms with Crippen molar-refractivity contribution in [3.63, 3.8) is 0 Å². The van der Waals surface area contributed by atoms with Crippen LogP contribution in [0.15, 0.2) is 0 Å². The van der Waals surface area contributed by atoms with Crippen molar-refractivity contribution in [2.45, 2.75) is 93.4 Å². The molecule has 3 nitrogen and oxygen atoms in total. The van der Waals surface area contributed by atoms with Gasteiger partial charge in [-0.3, -0.25) is 0 Å². The van der Waals surface area contributed by atoms with E-state index in [4.69, 9.17) is 0 Å². The molecule has 0 aliphatic heterocycles. The van der Waals surface area contributed by atoms with Crippen LogP contribution in [0.25, 0.3) is 0 Å². The Kier molecular flexibility index (Phi) is 14.8. The molecule has 0 radical (unpaired) electrons. The standard InChI is InChI=1S/C12H28N.C8H16O2/c1-5-9-13(10-6-2,11-7-3)12-8-4;1-4-8(5-2,6-3)7(9)10/h5-12H2,1-4H3;4-6H2,1-3H3,(H,9,10)/q+1;/p-1. The zero-order valence-electron chi connectivity index (χ0n) is 17.0. The summed E-state index contributed by atoms with van der Waals surface area (Å²) in [4.78, 5) is 10.6. The number of quaternary nitrogens is 1. The molecule has 0 aromatic carbocycles. The lowest BCUT2D eigenvalue weighted by molar-refractivity contribution is -0.928. The quantitative estimate of drug-likeness (QED) is 0.498. The molecule has 0 fully saturated rings. The Balaban J connectivity index is 0. The van der Waals surface area contributed by atoms with Crippen molar-refractivity contribution >= 4 is 5.97 Å². The largest absolute Gasteiger partial charge is 0.550 e. The molecule has 3 heteroatoms. The van der Waals surface area contributed by atoms with Gasteiger partial charge in [0.15, 0.2) is 0 Å². The molecule has 0 N–H and O–H groups in total. The maximum Gasteiger partial charge on any atom is 0.0783 e. The smallest absolute Gasteiger partial charge is 0.0783 e. The van der Waals surface area contributed by atoms with Gasteiger partial charge in [-0.1, -0.05) is 48.5 Å². The number of aliphatic carboxylic acids is 1. The summed E-state index contributed by atoms with van der Waals surface area (Å²) < 4.78 is 1.38. The second-order valence-electron chi connectivity index (χ2n) is 6.86. The van der Waals surface area contributed by atoms with Gasteiger partial charge in [0.25, 0.3) is 0 Å². The Morgan fingerprint density at radius 1 is 0.696 bits per heavy atom. The Hall–Kier alpha value is -0.570. The average molecular weight is 330 g/mol. The first-order valence-electron chi connectivity index (χ1n) is 9.93. The van der Waals surface area contributed by atoms with Crippen molar-refractivity contribution in [2.75, 3.05) is 26.2 Å². The van der Waals surface area contributed by atoms with Crippen molar-refractivity contribution in [3.05, 3.63) is 0 Å². The highest BCUT2D eigenvalue weighted by molar-refractivity contribution is 5.72. The van der Waals surface area contributed by atoms with Crippen LogP contribution < -0.4 is 5.11 Å². The van der Waals surface area contributed by atoms with Gasteiger partial charge in [0.1, 0.15) is 0 Å². The Morgan fingerprint density at radius 2 is 0.957 bits per heavy atom. The van der Waals surface area contributed by atoms with E-state index in [1.165, 1.54) is 56.3 Å². The molecule has 0 aliphatic carbocycles. The minimum Gasteiger partial charge on any atom is -0.550 e. The Bertz CT molecular complexity index is 248. The van der Waals surface area contributed by atoms with Crippen molar-refractivity contribution in [1.82, 2.24) is 0 Å². The van der Waals surface area contributed by atoms with E-state index in [-0.39, 0.29) is 0 Å². The van der Waals surface area contributed by atoms with Crippen LogP contribution in [-0.2, 0) is 4.79 Å². The molecular formula is C20H43NO2. The third kappa shape index (κ3) is 8.74. The maximum absolute atomic E-state index is 10.6. The molecule has 0 saturated carbocycles. The fourth-order valence-corrected chi connectivity index (χ4v) is 3.75. The van der Waals surface area contributed by atoms with Gasteiger partial charge in [-0.05, 0) is 44.9 Å². The number of carboxylic acids is 1. The van der Waals surface area contributed by atoms with E-state index in [1.54, 1.807) is 0 Å². The normalized spacial score (nSPS) is 11.8. The van der Waals surface area contributed by atoms with Crippen LogP contribution in [0.5, 0.6) is 0 Å². The van der Waals surface area contributed by atoms with E-state index in [9.17, 15) is 9.90 Å². The van der Waals surface area contributed by atoms with Crippen LogP contribution in [0.3, 0.4) is 0 Å². The van der Waals surface area contributed by atoms with Crippen LogP contribution in [0.4, 0.5) is 0 Å². The second kappa shape index (κ2) is 13.8.